The van der Waals surface area contributed by atoms with E-state index in [9.17, 15) is 4.79 Å². The van der Waals surface area contributed by atoms with Crippen molar-refractivity contribution >= 4 is 33.6 Å². The summed E-state index contributed by atoms with van der Waals surface area (Å²) in [6, 6.07) is 0.649. The van der Waals surface area contributed by atoms with Crippen molar-refractivity contribution in [3.8, 4) is 0 Å². The van der Waals surface area contributed by atoms with Crippen molar-refractivity contribution in [2.75, 3.05) is 18.4 Å². The van der Waals surface area contributed by atoms with E-state index in [0.717, 1.165) is 40.3 Å². The summed E-state index contributed by atoms with van der Waals surface area (Å²) in [5, 5.41) is 5.91. The van der Waals surface area contributed by atoms with Crippen LogP contribution in [0.3, 0.4) is 0 Å². The molecule has 7 heteroatoms. The summed E-state index contributed by atoms with van der Waals surface area (Å²) in [5.74, 6) is 1.83. The maximum atomic E-state index is 12.5. The molecule has 2 aromatic rings. The molecular weight excluding hydrogens is 448 g/mol. The van der Waals surface area contributed by atoms with E-state index in [2.05, 4.69) is 15.2 Å². The summed E-state index contributed by atoms with van der Waals surface area (Å²) in [4.78, 5) is 26.9. The maximum absolute atomic E-state index is 12.5. The monoisotopic (exact) mass is 486 g/mol. The number of aryl methyl sites for hydroxylation is 1. The summed E-state index contributed by atoms with van der Waals surface area (Å²) in [5.41, 5.74) is 1.32. The minimum Gasteiger partial charge on any atom is -0.359 e. The molecule has 5 rings (SSSR count). The van der Waals surface area contributed by atoms with Crippen LogP contribution in [0.5, 0.6) is 0 Å². The van der Waals surface area contributed by atoms with E-state index >= 15 is 0 Å². The number of fused-ring (bicyclic) bond motifs is 1. The number of nitrogens with one attached hydrogen (secondary N) is 1. The van der Waals surface area contributed by atoms with Crippen LogP contribution in [0, 0.1) is 18.8 Å². The highest BCUT2D eigenvalue weighted by Crippen LogP contribution is 2.34. The van der Waals surface area contributed by atoms with Gasteiger partial charge in [-0.2, -0.15) is 0 Å². The van der Waals surface area contributed by atoms with Crippen molar-refractivity contribution in [2.24, 2.45) is 11.8 Å². The fourth-order valence-corrected chi connectivity index (χ4v) is 7.77. The molecule has 0 spiro atoms. The molecule has 180 valence electrons. The lowest BCUT2D eigenvalue weighted by Crippen LogP contribution is -2.32. The highest BCUT2D eigenvalue weighted by atomic mass is 32.1. The molecule has 2 aliphatic carbocycles. The van der Waals surface area contributed by atoms with Gasteiger partial charge in [-0.1, -0.05) is 25.7 Å². The van der Waals surface area contributed by atoms with Gasteiger partial charge >= 0.3 is 0 Å². The molecule has 2 saturated carbocycles. The smallest absolute Gasteiger partial charge is 0.183 e. The number of nitrogens with zero attached hydrogens (tertiary/aromatic N) is 3. The van der Waals surface area contributed by atoms with Gasteiger partial charge < -0.3 is 5.32 Å². The third-order valence-electron chi connectivity index (χ3n) is 7.87. The third kappa shape index (κ3) is 6.43. The largest absolute Gasteiger partial charge is 0.359 e. The number of hydrogen-bond donors (Lipinski definition) is 1. The molecule has 5 nitrogen and oxygen atoms in total. The molecular formula is C26H38N4OS2. The zero-order valence-electron chi connectivity index (χ0n) is 20.0. The zero-order valence-corrected chi connectivity index (χ0v) is 21.6. The van der Waals surface area contributed by atoms with Crippen LogP contribution >= 0.6 is 22.7 Å². The number of Topliss-reactive ketones (excluding diaryl/α,β-unsaturated/α-hetero) is 1. The summed E-state index contributed by atoms with van der Waals surface area (Å²) in [6.07, 6.45) is 16.1. The van der Waals surface area contributed by atoms with Crippen molar-refractivity contribution in [3.05, 3.63) is 26.7 Å². The van der Waals surface area contributed by atoms with Gasteiger partial charge in [0.05, 0.1) is 10.7 Å². The molecule has 3 aliphatic rings. The SMILES string of the molecule is Cc1ncc(CC(=O)CC2CCC(CCN3CCc4sc(NC5CCCC5)nc4C3)CC2)s1. The third-order valence-corrected chi connectivity index (χ3v) is 9.87. The molecule has 0 radical (unpaired) electrons. The predicted octanol–water partition coefficient (Wildman–Crippen LogP) is 6.02. The summed E-state index contributed by atoms with van der Waals surface area (Å²) >= 11 is 3.56. The van der Waals surface area contributed by atoms with Crippen molar-refractivity contribution in [2.45, 2.75) is 96.6 Å². The van der Waals surface area contributed by atoms with E-state index in [1.807, 2.05) is 24.5 Å². The first-order valence-corrected chi connectivity index (χ1v) is 14.6. The summed E-state index contributed by atoms with van der Waals surface area (Å²) in [6.45, 7) is 5.41. The van der Waals surface area contributed by atoms with E-state index in [4.69, 9.17) is 4.98 Å². The standard InChI is InChI=1S/C26H38N4OS2/c1-18-27-16-23(32-18)15-22(31)14-20-8-6-19(7-9-20)10-12-30-13-11-25-24(17-30)29-26(33-25)28-21-4-2-3-5-21/h16,19-21H,2-15,17H2,1H3,(H,28,29). The molecule has 0 amide bonds. The first-order chi connectivity index (χ1) is 16.1. The topological polar surface area (TPSA) is 58.1 Å². The Morgan fingerprint density at radius 3 is 2.67 bits per heavy atom. The number of aromatic nitrogens is 2. The van der Waals surface area contributed by atoms with Crippen LogP contribution in [0.4, 0.5) is 5.13 Å². The van der Waals surface area contributed by atoms with Gasteiger partial charge in [0.1, 0.15) is 5.78 Å². The number of carbonyl (C=O) groups excluding carboxylic acids is 1. The molecule has 2 fully saturated rings. The second-order valence-corrected chi connectivity index (χ2v) is 12.9. The fourth-order valence-electron chi connectivity index (χ4n) is 5.92. The summed E-state index contributed by atoms with van der Waals surface area (Å²) in [7, 11) is 0. The minimum absolute atomic E-state index is 0.399. The van der Waals surface area contributed by atoms with Gasteiger partial charge in [0.15, 0.2) is 5.13 Å². The van der Waals surface area contributed by atoms with Crippen LogP contribution in [0.1, 0.15) is 84.7 Å². The Kier molecular flexibility index (Phi) is 7.78. The maximum Gasteiger partial charge on any atom is 0.183 e. The van der Waals surface area contributed by atoms with E-state index in [1.165, 1.54) is 81.4 Å². The molecule has 0 aromatic carbocycles. The highest BCUT2D eigenvalue weighted by molar-refractivity contribution is 7.15. The predicted molar refractivity (Wildman–Crippen MR) is 137 cm³/mol. The van der Waals surface area contributed by atoms with E-state index in [1.54, 1.807) is 11.3 Å². The van der Waals surface area contributed by atoms with E-state index in [-0.39, 0.29) is 0 Å². The lowest BCUT2D eigenvalue weighted by Gasteiger charge is -2.31. The van der Waals surface area contributed by atoms with Crippen molar-refractivity contribution in [1.29, 1.82) is 0 Å². The fraction of sp³-hybridized carbons (Fsp3) is 0.731. The Hall–Kier alpha value is -1.31. The lowest BCUT2D eigenvalue weighted by atomic mass is 9.78. The number of anilines is 1. The molecule has 3 heterocycles. The highest BCUT2D eigenvalue weighted by Gasteiger charge is 2.26. The molecule has 33 heavy (non-hydrogen) atoms. The molecule has 2 aromatic heterocycles. The Bertz CT molecular complexity index is 925. The van der Waals surface area contributed by atoms with Crippen LogP contribution in [-0.4, -0.2) is 39.8 Å². The lowest BCUT2D eigenvalue weighted by molar-refractivity contribution is -0.119. The van der Waals surface area contributed by atoms with Gasteiger partial charge in [-0.3, -0.25) is 9.69 Å². The van der Waals surface area contributed by atoms with Crippen LogP contribution < -0.4 is 5.32 Å². The average Bonchev–Trinajstić information content (AvgIpc) is 3.54. The van der Waals surface area contributed by atoms with Crippen molar-refractivity contribution in [1.82, 2.24) is 14.9 Å². The van der Waals surface area contributed by atoms with Gasteiger partial charge in [-0.05, 0) is 63.8 Å². The summed E-state index contributed by atoms with van der Waals surface area (Å²) < 4.78 is 0. The van der Waals surface area contributed by atoms with E-state index < -0.39 is 0 Å². The van der Waals surface area contributed by atoms with E-state index in [0.29, 0.717) is 24.2 Å². The Morgan fingerprint density at radius 2 is 1.91 bits per heavy atom. The van der Waals surface area contributed by atoms with Gasteiger partial charge in [-0.15, -0.1) is 22.7 Å². The normalized spacial score (nSPS) is 24.2. The number of rotatable bonds is 9. The molecule has 0 bridgehead atoms. The van der Waals surface area contributed by atoms with Crippen LogP contribution in [0.2, 0.25) is 0 Å². The quantitative estimate of drug-likeness (QED) is 0.470. The average molecular weight is 487 g/mol. The minimum atomic E-state index is 0.399. The Labute approximate surface area is 206 Å². The van der Waals surface area contributed by atoms with Crippen LogP contribution in [0.15, 0.2) is 6.20 Å². The van der Waals surface area contributed by atoms with Gasteiger partial charge in [0, 0.05) is 47.9 Å². The number of carbonyl (C=O) groups is 1. The van der Waals surface area contributed by atoms with Gasteiger partial charge in [0.25, 0.3) is 0 Å². The number of hydrogen-bond acceptors (Lipinski definition) is 7. The van der Waals surface area contributed by atoms with Gasteiger partial charge in [0.2, 0.25) is 0 Å². The molecule has 0 saturated heterocycles. The van der Waals surface area contributed by atoms with Gasteiger partial charge in [-0.25, -0.2) is 9.97 Å². The molecule has 0 unspecified atom stereocenters. The second kappa shape index (κ2) is 11.0. The Morgan fingerprint density at radius 1 is 1.12 bits per heavy atom. The molecule has 1 N–H and O–H groups in total. The van der Waals surface area contributed by atoms with Crippen LogP contribution in [0.25, 0.3) is 0 Å². The number of ketones is 1. The van der Waals surface area contributed by atoms with Crippen molar-refractivity contribution in [3.63, 3.8) is 0 Å². The first kappa shape index (κ1) is 23.4. The zero-order chi connectivity index (χ0) is 22.6. The van der Waals surface area contributed by atoms with Crippen molar-refractivity contribution < 1.29 is 4.79 Å². The molecule has 1 aliphatic heterocycles. The molecule has 0 atom stereocenters. The first-order valence-electron chi connectivity index (χ1n) is 13.0. The van der Waals surface area contributed by atoms with Crippen LogP contribution in [-0.2, 0) is 24.2 Å². The number of thiazole rings is 2. The second-order valence-electron chi connectivity index (χ2n) is 10.5. The Balaban J connectivity index is 1.01.